The minimum Gasteiger partial charge on any atom is -0.397 e. The topological polar surface area (TPSA) is 60.4 Å². The number of nitrogens with two attached hydrogens (primary N) is 1. The fourth-order valence-electron chi connectivity index (χ4n) is 2.10. The standard InChI is InChI=1S/C14H18N2O2/c1-2-6-14(18-17)13-9-5-10-16(13)12-8-4-3-7-11(12)15/h3-5,7-10,14,17H,2,6,15H2,1H3/t14-/m1/s1. The van der Waals surface area contributed by atoms with Crippen molar-refractivity contribution in [3.05, 3.63) is 48.3 Å². The van der Waals surface area contributed by atoms with Crippen LogP contribution >= 0.6 is 0 Å². The molecule has 2 aromatic rings. The molecule has 0 radical (unpaired) electrons. The molecule has 18 heavy (non-hydrogen) atoms. The molecule has 0 aliphatic heterocycles. The van der Waals surface area contributed by atoms with Crippen molar-refractivity contribution in [2.45, 2.75) is 25.9 Å². The first-order valence-electron chi connectivity index (χ1n) is 6.10. The highest BCUT2D eigenvalue weighted by Gasteiger charge is 2.16. The maximum absolute atomic E-state index is 9.03. The van der Waals surface area contributed by atoms with E-state index >= 15 is 0 Å². The maximum atomic E-state index is 9.03. The average molecular weight is 246 g/mol. The van der Waals surface area contributed by atoms with Gasteiger partial charge in [0.2, 0.25) is 0 Å². The first-order chi connectivity index (χ1) is 8.77. The number of aromatic nitrogens is 1. The molecule has 2 rings (SSSR count). The summed E-state index contributed by atoms with van der Waals surface area (Å²) in [6.45, 7) is 2.05. The van der Waals surface area contributed by atoms with E-state index in [1.165, 1.54) is 0 Å². The number of hydrogen-bond acceptors (Lipinski definition) is 3. The van der Waals surface area contributed by atoms with E-state index in [4.69, 9.17) is 11.0 Å². The van der Waals surface area contributed by atoms with Crippen LogP contribution in [0.1, 0.15) is 31.6 Å². The minimum atomic E-state index is -0.329. The predicted octanol–water partition coefficient (Wildman–Crippen LogP) is 3.39. The summed E-state index contributed by atoms with van der Waals surface area (Å²) in [4.78, 5) is 4.58. The average Bonchev–Trinajstić information content (AvgIpc) is 2.85. The molecule has 4 nitrogen and oxygen atoms in total. The van der Waals surface area contributed by atoms with Gasteiger partial charge in [0.1, 0.15) is 6.10 Å². The highest BCUT2D eigenvalue weighted by molar-refractivity contribution is 5.58. The summed E-state index contributed by atoms with van der Waals surface area (Å²) < 4.78 is 1.95. The highest BCUT2D eigenvalue weighted by Crippen LogP contribution is 2.27. The molecule has 0 bridgehead atoms. The number of anilines is 1. The molecule has 0 unspecified atom stereocenters. The lowest BCUT2D eigenvalue weighted by atomic mass is 10.1. The van der Waals surface area contributed by atoms with Crippen LogP contribution in [0, 0.1) is 0 Å². The summed E-state index contributed by atoms with van der Waals surface area (Å²) in [6.07, 6.45) is 3.28. The van der Waals surface area contributed by atoms with E-state index in [0.717, 1.165) is 24.2 Å². The zero-order chi connectivity index (χ0) is 13.0. The van der Waals surface area contributed by atoms with Gasteiger partial charge in [-0.3, -0.25) is 5.26 Å². The third-order valence-electron chi connectivity index (χ3n) is 2.98. The molecule has 0 aliphatic rings. The molecule has 3 N–H and O–H groups in total. The molecule has 0 amide bonds. The van der Waals surface area contributed by atoms with Crippen molar-refractivity contribution in [1.82, 2.24) is 4.57 Å². The molecule has 96 valence electrons. The number of para-hydroxylation sites is 2. The molecule has 0 fully saturated rings. The Labute approximate surface area is 107 Å². The summed E-state index contributed by atoms with van der Waals surface area (Å²) >= 11 is 0. The molecule has 1 atom stereocenters. The lowest BCUT2D eigenvalue weighted by Gasteiger charge is -2.17. The van der Waals surface area contributed by atoms with E-state index in [1.807, 2.05) is 47.2 Å². The maximum Gasteiger partial charge on any atom is 0.133 e. The summed E-state index contributed by atoms with van der Waals surface area (Å²) in [5.74, 6) is 0. The molecular weight excluding hydrogens is 228 g/mol. The Kier molecular flexibility index (Phi) is 4.02. The lowest BCUT2D eigenvalue weighted by molar-refractivity contribution is -0.284. The lowest BCUT2D eigenvalue weighted by Crippen LogP contribution is -2.09. The molecular formula is C14H18N2O2. The summed E-state index contributed by atoms with van der Waals surface area (Å²) in [5, 5.41) is 9.03. The van der Waals surface area contributed by atoms with Crippen LogP contribution in [-0.2, 0) is 4.89 Å². The zero-order valence-electron chi connectivity index (χ0n) is 10.4. The third-order valence-corrected chi connectivity index (χ3v) is 2.98. The summed E-state index contributed by atoms with van der Waals surface area (Å²) in [6, 6.07) is 11.5. The van der Waals surface area contributed by atoms with Gasteiger partial charge in [-0.05, 0) is 30.7 Å². The van der Waals surface area contributed by atoms with Gasteiger partial charge in [-0.25, -0.2) is 4.89 Å². The van der Waals surface area contributed by atoms with E-state index in [9.17, 15) is 0 Å². The van der Waals surface area contributed by atoms with Crippen molar-refractivity contribution in [1.29, 1.82) is 0 Å². The third kappa shape index (κ3) is 2.39. The Balaban J connectivity index is 2.41. The molecule has 1 aromatic heterocycles. The van der Waals surface area contributed by atoms with Gasteiger partial charge in [-0.1, -0.05) is 25.5 Å². The van der Waals surface area contributed by atoms with Crippen molar-refractivity contribution < 1.29 is 10.1 Å². The van der Waals surface area contributed by atoms with Gasteiger partial charge in [0.05, 0.1) is 17.1 Å². The van der Waals surface area contributed by atoms with Crippen LogP contribution in [0.2, 0.25) is 0 Å². The Morgan fingerprint density at radius 2 is 2.06 bits per heavy atom. The minimum absolute atomic E-state index is 0.329. The Morgan fingerprint density at radius 1 is 1.28 bits per heavy atom. The quantitative estimate of drug-likeness (QED) is 0.483. The van der Waals surface area contributed by atoms with Crippen molar-refractivity contribution >= 4 is 5.69 Å². The van der Waals surface area contributed by atoms with E-state index in [-0.39, 0.29) is 6.10 Å². The van der Waals surface area contributed by atoms with Crippen LogP contribution in [0.3, 0.4) is 0 Å². The molecule has 1 heterocycles. The second-order valence-electron chi connectivity index (χ2n) is 4.24. The summed E-state index contributed by atoms with van der Waals surface area (Å²) in [5.41, 5.74) is 8.47. The molecule has 0 aliphatic carbocycles. The number of nitrogens with zero attached hydrogens (tertiary/aromatic N) is 1. The van der Waals surface area contributed by atoms with Crippen LogP contribution in [0.5, 0.6) is 0 Å². The van der Waals surface area contributed by atoms with Crippen LogP contribution in [0.4, 0.5) is 5.69 Å². The van der Waals surface area contributed by atoms with Crippen LogP contribution in [0.25, 0.3) is 5.69 Å². The van der Waals surface area contributed by atoms with Crippen molar-refractivity contribution in [2.75, 3.05) is 5.73 Å². The Hall–Kier alpha value is -1.78. The van der Waals surface area contributed by atoms with Gasteiger partial charge in [-0.2, -0.15) is 0 Å². The van der Waals surface area contributed by atoms with Crippen LogP contribution in [-0.4, -0.2) is 9.82 Å². The van der Waals surface area contributed by atoms with Gasteiger partial charge in [0.25, 0.3) is 0 Å². The highest BCUT2D eigenvalue weighted by atomic mass is 17.1. The monoisotopic (exact) mass is 246 g/mol. The number of benzene rings is 1. The second-order valence-corrected chi connectivity index (χ2v) is 4.24. The van der Waals surface area contributed by atoms with Gasteiger partial charge < -0.3 is 10.3 Å². The smallest absolute Gasteiger partial charge is 0.133 e. The predicted molar refractivity (Wildman–Crippen MR) is 71.5 cm³/mol. The fourth-order valence-corrected chi connectivity index (χ4v) is 2.10. The van der Waals surface area contributed by atoms with Gasteiger partial charge in [0.15, 0.2) is 0 Å². The SMILES string of the molecule is CCC[C@@H](OO)c1cccn1-c1ccccc1N. The zero-order valence-corrected chi connectivity index (χ0v) is 10.4. The van der Waals surface area contributed by atoms with Gasteiger partial charge in [0, 0.05) is 6.20 Å². The summed E-state index contributed by atoms with van der Waals surface area (Å²) in [7, 11) is 0. The Morgan fingerprint density at radius 3 is 2.72 bits per heavy atom. The molecule has 0 saturated heterocycles. The normalized spacial score (nSPS) is 12.6. The molecule has 0 spiro atoms. The first-order valence-corrected chi connectivity index (χ1v) is 6.10. The van der Waals surface area contributed by atoms with E-state index in [0.29, 0.717) is 5.69 Å². The van der Waals surface area contributed by atoms with Crippen LogP contribution < -0.4 is 5.73 Å². The van der Waals surface area contributed by atoms with E-state index < -0.39 is 0 Å². The number of hydrogen-bond donors (Lipinski definition) is 2. The fraction of sp³-hybridized carbons (Fsp3) is 0.286. The van der Waals surface area contributed by atoms with Crippen molar-refractivity contribution in [3.63, 3.8) is 0 Å². The molecule has 1 aromatic carbocycles. The second kappa shape index (κ2) is 5.71. The largest absolute Gasteiger partial charge is 0.397 e. The van der Waals surface area contributed by atoms with Gasteiger partial charge >= 0.3 is 0 Å². The van der Waals surface area contributed by atoms with E-state index in [2.05, 4.69) is 11.8 Å². The van der Waals surface area contributed by atoms with Crippen LogP contribution in [0.15, 0.2) is 42.6 Å². The number of rotatable bonds is 5. The Bertz CT molecular complexity index is 508. The van der Waals surface area contributed by atoms with Gasteiger partial charge in [-0.15, -0.1) is 0 Å². The number of nitrogen functional groups attached to an aromatic ring is 1. The first kappa shape index (κ1) is 12.7. The van der Waals surface area contributed by atoms with Crippen molar-refractivity contribution in [3.8, 4) is 5.69 Å². The molecule has 4 heteroatoms. The van der Waals surface area contributed by atoms with Crippen molar-refractivity contribution in [2.24, 2.45) is 0 Å². The van der Waals surface area contributed by atoms with E-state index in [1.54, 1.807) is 0 Å². The molecule has 0 saturated carbocycles.